The SMILES string of the molecule is CCc1cc(CCn2ccnc2)nc(N2CCCCC2)n1. The van der Waals surface area contributed by atoms with E-state index in [1.807, 2.05) is 18.7 Å². The Morgan fingerprint density at radius 1 is 1.10 bits per heavy atom. The highest BCUT2D eigenvalue weighted by atomic mass is 15.3. The van der Waals surface area contributed by atoms with Crippen LogP contribution in [0.2, 0.25) is 0 Å². The second-order valence-corrected chi connectivity index (χ2v) is 5.60. The van der Waals surface area contributed by atoms with Crippen LogP contribution in [0.5, 0.6) is 0 Å². The van der Waals surface area contributed by atoms with Gasteiger partial charge in [0.15, 0.2) is 0 Å². The molecule has 0 unspecified atom stereocenters. The molecule has 1 saturated heterocycles. The molecular formula is C16H23N5. The van der Waals surface area contributed by atoms with Crippen molar-refractivity contribution in [2.75, 3.05) is 18.0 Å². The first-order valence-electron chi connectivity index (χ1n) is 7.92. The third-order valence-corrected chi connectivity index (χ3v) is 4.01. The summed E-state index contributed by atoms with van der Waals surface area (Å²) in [6.07, 6.45) is 11.4. The van der Waals surface area contributed by atoms with Crippen LogP contribution in [0.1, 0.15) is 37.6 Å². The molecule has 0 aliphatic carbocycles. The van der Waals surface area contributed by atoms with E-state index in [2.05, 4.69) is 27.4 Å². The summed E-state index contributed by atoms with van der Waals surface area (Å²) in [6.45, 7) is 5.25. The van der Waals surface area contributed by atoms with Crippen molar-refractivity contribution in [1.82, 2.24) is 19.5 Å². The first-order chi connectivity index (χ1) is 10.3. The molecule has 0 amide bonds. The number of piperidine rings is 1. The first-order valence-corrected chi connectivity index (χ1v) is 7.92. The fourth-order valence-corrected chi connectivity index (χ4v) is 2.75. The quantitative estimate of drug-likeness (QED) is 0.846. The number of imidazole rings is 1. The van der Waals surface area contributed by atoms with Crippen LogP contribution in [0.4, 0.5) is 5.95 Å². The summed E-state index contributed by atoms with van der Waals surface area (Å²) in [5.74, 6) is 0.926. The molecule has 3 rings (SSSR count). The molecule has 0 atom stereocenters. The van der Waals surface area contributed by atoms with E-state index in [1.54, 1.807) is 0 Å². The summed E-state index contributed by atoms with van der Waals surface area (Å²) in [7, 11) is 0. The molecular weight excluding hydrogens is 262 g/mol. The molecule has 1 aliphatic rings. The van der Waals surface area contributed by atoms with E-state index in [9.17, 15) is 0 Å². The van der Waals surface area contributed by atoms with Gasteiger partial charge in [-0.15, -0.1) is 0 Å². The largest absolute Gasteiger partial charge is 0.341 e. The molecule has 21 heavy (non-hydrogen) atoms. The minimum atomic E-state index is 0.916. The van der Waals surface area contributed by atoms with Crippen molar-refractivity contribution in [3.05, 3.63) is 36.2 Å². The lowest BCUT2D eigenvalue weighted by Crippen LogP contribution is -2.31. The maximum atomic E-state index is 4.79. The second kappa shape index (κ2) is 6.70. The van der Waals surface area contributed by atoms with Gasteiger partial charge in [0.1, 0.15) is 0 Å². The molecule has 2 aromatic rings. The third-order valence-electron chi connectivity index (χ3n) is 4.01. The summed E-state index contributed by atoms with van der Waals surface area (Å²) < 4.78 is 2.09. The van der Waals surface area contributed by atoms with Crippen molar-refractivity contribution in [3.8, 4) is 0 Å². The first kappa shape index (κ1) is 14.0. The van der Waals surface area contributed by atoms with E-state index in [-0.39, 0.29) is 0 Å². The zero-order valence-corrected chi connectivity index (χ0v) is 12.7. The minimum Gasteiger partial charge on any atom is -0.341 e. The molecule has 3 heterocycles. The van der Waals surface area contributed by atoms with Gasteiger partial charge in [-0.3, -0.25) is 0 Å². The zero-order chi connectivity index (χ0) is 14.5. The number of hydrogen-bond acceptors (Lipinski definition) is 4. The summed E-state index contributed by atoms with van der Waals surface area (Å²) in [6, 6.07) is 2.14. The van der Waals surface area contributed by atoms with E-state index in [4.69, 9.17) is 9.97 Å². The predicted octanol–water partition coefficient (Wildman–Crippen LogP) is 2.47. The van der Waals surface area contributed by atoms with Gasteiger partial charge < -0.3 is 9.47 Å². The van der Waals surface area contributed by atoms with E-state index in [1.165, 1.54) is 19.3 Å². The number of aryl methyl sites for hydroxylation is 3. The standard InChI is InChI=1S/C16H23N5/c1-2-14-12-15(6-10-20-11-7-17-13-20)19-16(18-14)21-8-4-3-5-9-21/h7,11-13H,2-6,8-10H2,1H3. The Morgan fingerprint density at radius 3 is 2.62 bits per heavy atom. The Labute approximate surface area is 126 Å². The normalized spacial score (nSPS) is 15.4. The maximum Gasteiger partial charge on any atom is 0.225 e. The Bertz CT molecular complexity index is 558. The average Bonchev–Trinajstić information content (AvgIpc) is 3.07. The highest BCUT2D eigenvalue weighted by Gasteiger charge is 2.15. The van der Waals surface area contributed by atoms with Crippen molar-refractivity contribution >= 4 is 5.95 Å². The summed E-state index contributed by atoms with van der Waals surface area (Å²) in [5, 5.41) is 0. The predicted molar refractivity (Wildman–Crippen MR) is 83.4 cm³/mol. The number of nitrogens with zero attached hydrogens (tertiary/aromatic N) is 5. The van der Waals surface area contributed by atoms with E-state index in [0.717, 1.165) is 49.8 Å². The van der Waals surface area contributed by atoms with Gasteiger partial charge in [-0.05, 0) is 31.7 Å². The second-order valence-electron chi connectivity index (χ2n) is 5.60. The molecule has 0 N–H and O–H groups in total. The lowest BCUT2D eigenvalue weighted by Gasteiger charge is -2.27. The Balaban J connectivity index is 1.75. The van der Waals surface area contributed by atoms with E-state index >= 15 is 0 Å². The van der Waals surface area contributed by atoms with Crippen molar-refractivity contribution in [2.24, 2.45) is 0 Å². The molecule has 5 heteroatoms. The Morgan fingerprint density at radius 2 is 1.90 bits per heavy atom. The van der Waals surface area contributed by atoms with Crippen LogP contribution >= 0.6 is 0 Å². The molecule has 1 fully saturated rings. The van der Waals surface area contributed by atoms with Gasteiger partial charge in [-0.1, -0.05) is 6.92 Å². The van der Waals surface area contributed by atoms with Crippen LogP contribution < -0.4 is 4.90 Å². The summed E-state index contributed by atoms with van der Waals surface area (Å²) in [4.78, 5) is 15.9. The van der Waals surface area contributed by atoms with Gasteiger partial charge in [-0.2, -0.15) is 0 Å². The van der Waals surface area contributed by atoms with Crippen LogP contribution in [0, 0.1) is 0 Å². The number of rotatable bonds is 5. The monoisotopic (exact) mass is 285 g/mol. The van der Waals surface area contributed by atoms with Crippen molar-refractivity contribution < 1.29 is 0 Å². The Hall–Kier alpha value is -1.91. The van der Waals surface area contributed by atoms with Crippen LogP contribution in [-0.4, -0.2) is 32.6 Å². The van der Waals surface area contributed by atoms with Gasteiger partial charge in [0.25, 0.3) is 0 Å². The van der Waals surface area contributed by atoms with Crippen molar-refractivity contribution in [1.29, 1.82) is 0 Å². The minimum absolute atomic E-state index is 0.916. The van der Waals surface area contributed by atoms with Gasteiger partial charge in [-0.25, -0.2) is 15.0 Å². The van der Waals surface area contributed by atoms with Crippen LogP contribution in [0.3, 0.4) is 0 Å². The molecule has 0 aromatic carbocycles. The molecule has 5 nitrogen and oxygen atoms in total. The van der Waals surface area contributed by atoms with Crippen LogP contribution in [-0.2, 0) is 19.4 Å². The van der Waals surface area contributed by atoms with Gasteiger partial charge in [0.2, 0.25) is 5.95 Å². The fraction of sp³-hybridized carbons (Fsp3) is 0.562. The highest BCUT2D eigenvalue weighted by molar-refractivity contribution is 5.33. The molecule has 2 aromatic heterocycles. The molecule has 0 radical (unpaired) electrons. The molecule has 0 spiro atoms. The Kier molecular flexibility index (Phi) is 4.48. The number of anilines is 1. The van der Waals surface area contributed by atoms with Crippen LogP contribution in [0.15, 0.2) is 24.8 Å². The number of aromatic nitrogens is 4. The third kappa shape index (κ3) is 3.60. The van der Waals surface area contributed by atoms with Gasteiger partial charge in [0, 0.05) is 49.8 Å². The van der Waals surface area contributed by atoms with E-state index in [0.29, 0.717) is 0 Å². The smallest absolute Gasteiger partial charge is 0.225 e. The number of hydrogen-bond donors (Lipinski definition) is 0. The molecule has 0 saturated carbocycles. The van der Waals surface area contributed by atoms with E-state index < -0.39 is 0 Å². The van der Waals surface area contributed by atoms with Gasteiger partial charge >= 0.3 is 0 Å². The summed E-state index contributed by atoms with van der Waals surface area (Å²) in [5.41, 5.74) is 2.28. The zero-order valence-electron chi connectivity index (χ0n) is 12.7. The van der Waals surface area contributed by atoms with Crippen molar-refractivity contribution in [2.45, 2.75) is 45.6 Å². The van der Waals surface area contributed by atoms with Crippen LogP contribution in [0.25, 0.3) is 0 Å². The molecule has 0 bridgehead atoms. The van der Waals surface area contributed by atoms with Gasteiger partial charge in [0.05, 0.1) is 6.33 Å². The average molecular weight is 285 g/mol. The van der Waals surface area contributed by atoms with Crippen molar-refractivity contribution in [3.63, 3.8) is 0 Å². The highest BCUT2D eigenvalue weighted by Crippen LogP contribution is 2.17. The maximum absolute atomic E-state index is 4.79. The molecule has 112 valence electrons. The lowest BCUT2D eigenvalue weighted by atomic mass is 10.1. The topological polar surface area (TPSA) is 46.8 Å². The lowest BCUT2D eigenvalue weighted by molar-refractivity contribution is 0.565. The summed E-state index contributed by atoms with van der Waals surface area (Å²) >= 11 is 0. The fourth-order valence-electron chi connectivity index (χ4n) is 2.75. The molecule has 1 aliphatic heterocycles.